The summed E-state index contributed by atoms with van der Waals surface area (Å²) in [6.45, 7) is 1.22. The lowest BCUT2D eigenvalue weighted by atomic mass is 10.3. The van der Waals surface area contributed by atoms with Crippen LogP contribution in [0, 0.1) is 0 Å². The fourth-order valence-electron chi connectivity index (χ4n) is 0.766. The van der Waals surface area contributed by atoms with E-state index in [1.807, 2.05) is 0 Å². The van der Waals surface area contributed by atoms with Crippen molar-refractivity contribution in [1.82, 2.24) is 5.32 Å². The van der Waals surface area contributed by atoms with E-state index in [0.717, 1.165) is 11.8 Å². The zero-order chi connectivity index (χ0) is 11.8. The van der Waals surface area contributed by atoms with Crippen LogP contribution in [-0.4, -0.2) is 52.0 Å². The predicted molar refractivity (Wildman–Crippen MR) is 54.6 cm³/mol. The second-order valence-electron chi connectivity index (χ2n) is 2.83. The van der Waals surface area contributed by atoms with Crippen molar-refractivity contribution in [1.29, 1.82) is 0 Å². The summed E-state index contributed by atoms with van der Waals surface area (Å²) in [5.41, 5.74) is 0. The van der Waals surface area contributed by atoms with Gasteiger partial charge in [-0.05, 0) is 0 Å². The number of aliphatic hydroxyl groups excluding tert-OH is 1. The Labute approximate surface area is 91.0 Å². The average molecular weight is 235 g/mol. The van der Waals surface area contributed by atoms with Crippen LogP contribution in [0.2, 0.25) is 0 Å². The molecule has 0 radical (unpaired) electrons. The molecule has 7 heteroatoms. The van der Waals surface area contributed by atoms with E-state index in [2.05, 4.69) is 5.32 Å². The van der Waals surface area contributed by atoms with Crippen LogP contribution in [0.15, 0.2) is 0 Å². The van der Waals surface area contributed by atoms with E-state index in [9.17, 15) is 14.4 Å². The average Bonchev–Trinajstić information content (AvgIpc) is 2.15. The number of aliphatic hydroxyl groups is 1. The Morgan fingerprint density at radius 2 is 2.07 bits per heavy atom. The second kappa shape index (κ2) is 7.24. The zero-order valence-electron chi connectivity index (χ0n) is 8.17. The highest BCUT2D eigenvalue weighted by molar-refractivity contribution is 7.99. The molecule has 0 bridgehead atoms. The zero-order valence-corrected chi connectivity index (χ0v) is 8.99. The number of nitrogens with one attached hydrogen (secondary N) is 1. The molecule has 0 aliphatic heterocycles. The Morgan fingerprint density at radius 3 is 2.47 bits per heavy atom. The lowest BCUT2D eigenvalue weighted by molar-refractivity contribution is -0.140. The maximum Gasteiger partial charge on any atom is 0.327 e. The highest BCUT2D eigenvalue weighted by atomic mass is 32.2. The maximum absolute atomic E-state index is 10.6. The molecule has 0 aliphatic carbocycles. The fourth-order valence-corrected chi connectivity index (χ4v) is 1.68. The Hall–Kier alpha value is -1.08. The fraction of sp³-hybridized carbons (Fsp3) is 0.625. The quantitative estimate of drug-likeness (QED) is 0.482. The molecule has 15 heavy (non-hydrogen) atoms. The van der Waals surface area contributed by atoms with Crippen molar-refractivity contribution < 1.29 is 24.6 Å². The van der Waals surface area contributed by atoms with Crippen molar-refractivity contribution in [2.24, 2.45) is 0 Å². The number of carboxylic acids is 1. The number of carbonyl (C=O) groups is 3. The summed E-state index contributed by atoms with van der Waals surface area (Å²) in [6.07, 6.45) is -0.719. The number of carbonyl (C=O) groups excluding carboxylic acids is 2. The lowest BCUT2D eigenvalue weighted by Gasteiger charge is -2.12. The van der Waals surface area contributed by atoms with Crippen molar-refractivity contribution >= 4 is 29.9 Å². The SMILES string of the molecule is CC(=O)N[C@H](CSCC(O)C=O)C(=O)O. The summed E-state index contributed by atoms with van der Waals surface area (Å²) in [4.78, 5) is 31.3. The number of carboxylic acid groups (broad SMARTS) is 1. The van der Waals surface area contributed by atoms with Gasteiger partial charge < -0.3 is 20.3 Å². The second-order valence-corrected chi connectivity index (χ2v) is 3.91. The van der Waals surface area contributed by atoms with E-state index in [1.165, 1.54) is 6.92 Å². The van der Waals surface area contributed by atoms with Crippen molar-refractivity contribution in [3.63, 3.8) is 0 Å². The molecule has 1 amide bonds. The number of hydrogen-bond acceptors (Lipinski definition) is 5. The Kier molecular flexibility index (Phi) is 6.72. The molecule has 0 rings (SSSR count). The molecule has 0 spiro atoms. The first-order chi connectivity index (χ1) is 6.97. The summed E-state index contributed by atoms with van der Waals surface area (Å²) < 4.78 is 0. The van der Waals surface area contributed by atoms with E-state index in [4.69, 9.17) is 10.2 Å². The molecular formula is C8H13NO5S. The number of hydrogen-bond donors (Lipinski definition) is 3. The van der Waals surface area contributed by atoms with E-state index >= 15 is 0 Å². The summed E-state index contributed by atoms with van der Waals surface area (Å²) in [5.74, 6) is -1.34. The van der Waals surface area contributed by atoms with Crippen molar-refractivity contribution in [3.8, 4) is 0 Å². The Morgan fingerprint density at radius 1 is 1.47 bits per heavy atom. The van der Waals surface area contributed by atoms with Crippen LogP contribution in [0.25, 0.3) is 0 Å². The number of thioether (sulfide) groups is 1. The van der Waals surface area contributed by atoms with Crippen LogP contribution in [0.4, 0.5) is 0 Å². The van der Waals surface area contributed by atoms with Gasteiger partial charge in [0.1, 0.15) is 18.4 Å². The molecule has 3 N–H and O–H groups in total. The third-order valence-electron chi connectivity index (χ3n) is 1.41. The Bertz CT molecular complexity index is 245. The number of amides is 1. The van der Waals surface area contributed by atoms with Gasteiger partial charge in [-0.15, -0.1) is 0 Å². The minimum Gasteiger partial charge on any atom is -0.480 e. The van der Waals surface area contributed by atoms with Crippen LogP contribution in [0.1, 0.15) is 6.92 Å². The van der Waals surface area contributed by atoms with E-state index in [1.54, 1.807) is 0 Å². The molecule has 0 aromatic heterocycles. The third kappa shape index (κ3) is 6.92. The van der Waals surface area contributed by atoms with Crippen molar-refractivity contribution in [2.45, 2.75) is 19.1 Å². The van der Waals surface area contributed by atoms with Crippen LogP contribution in [0.3, 0.4) is 0 Å². The molecule has 0 fully saturated rings. The van der Waals surface area contributed by atoms with Gasteiger partial charge in [0.2, 0.25) is 5.91 Å². The van der Waals surface area contributed by atoms with Gasteiger partial charge in [0, 0.05) is 18.4 Å². The molecule has 6 nitrogen and oxygen atoms in total. The maximum atomic E-state index is 10.6. The largest absolute Gasteiger partial charge is 0.480 e. The van der Waals surface area contributed by atoms with Gasteiger partial charge in [0.15, 0.2) is 0 Å². The molecule has 0 saturated heterocycles. The Balaban J connectivity index is 3.91. The molecule has 0 aliphatic rings. The first kappa shape index (κ1) is 13.9. The molecule has 0 saturated carbocycles. The van der Waals surface area contributed by atoms with Crippen LogP contribution >= 0.6 is 11.8 Å². The number of rotatable bonds is 7. The van der Waals surface area contributed by atoms with Crippen LogP contribution in [-0.2, 0) is 14.4 Å². The first-order valence-corrected chi connectivity index (χ1v) is 5.33. The smallest absolute Gasteiger partial charge is 0.327 e. The number of aldehydes is 1. The van der Waals surface area contributed by atoms with Crippen molar-refractivity contribution in [3.05, 3.63) is 0 Å². The highest BCUT2D eigenvalue weighted by Crippen LogP contribution is 2.05. The molecule has 0 heterocycles. The van der Waals surface area contributed by atoms with Gasteiger partial charge in [0.05, 0.1) is 0 Å². The van der Waals surface area contributed by atoms with Gasteiger partial charge >= 0.3 is 5.97 Å². The van der Waals surface area contributed by atoms with Crippen LogP contribution < -0.4 is 5.32 Å². The van der Waals surface area contributed by atoms with Gasteiger partial charge in [-0.25, -0.2) is 4.79 Å². The van der Waals surface area contributed by atoms with Gasteiger partial charge in [0.25, 0.3) is 0 Å². The molecular weight excluding hydrogens is 222 g/mol. The van der Waals surface area contributed by atoms with Gasteiger partial charge in [-0.3, -0.25) is 4.79 Å². The number of aliphatic carboxylic acids is 1. The van der Waals surface area contributed by atoms with Gasteiger partial charge in [-0.2, -0.15) is 11.8 Å². The highest BCUT2D eigenvalue weighted by Gasteiger charge is 2.18. The normalized spacial score (nSPS) is 14.0. The van der Waals surface area contributed by atoms with Gasteiger partial charge in [-0.1, -0.05) is 0 Å². The molecule has 86 valence electrons. The van der Waals surface area contributed by atoms with E-state index in [-0.39, 0.29) is 11.5 Å². The van der Waals surface area contributed by atoms with E-state index < -0.39 is 24.0 Å². The molecule has 0 aromatic rings. The topological polar surface area (TPSA) is 104 Å². The summed E-state index contributed by atoms with van der Waals surface area (Å²) in [7, 11) is 0. The van der Waals surface area contributed by atoms with E-state index in [0.29, 0.717) is 6.29 Å². The van der Waals surface area contributed by atoms with Crippen LogP contribution in [0.5, 0.6) is 0 Å². The monoisotopic (exact) mass is 235 g/mol. The lowest BCUT2D eigenvalue weighted by Crippen LogP contribution is -2.41. The summed E-state index contributed by atoms with van der Waals surface area (Å²) in [5, 5.41) is 19.8. The molecule has 2 atom stereocenters. The summed E-state index contributed by atoms with van der Waals surface area (Å²) >= 11 is 1.09. The standard InChI is InChI=1S/C8H13NO5S/c1-5(11)9-7(8(13)14)4-15-3-6(12)2-10/h2,6-7,12H,3-4H2,1H3,(H,9,11)(H,13,14)/t6?,7-/m1/s1. The molecule has 1 unspecified atom stereocenters. The molecule has 0 aromatic carbocycles. The predicted octanol–water partition coefficient (Wildman–Crippen LogP) is -1.13. The summed E-state index contributed by atoms with van der Waals surface area (Å²) in [6, 6.07) is -0.994. The minimum absolute atomic E-state index is 0.111. The van der Waals surface area contributed by atoms with Crippen molar-refractivity contribution in [2.75, 3.05) is 11.5 Å². The third-order valence-corrected chi connectivity index (χ3v) is 2.55. The first-order valence-electron chi connectivity index (χ1n) is 4.18. The minimum atomic E-state index is -1.14.